The minimum Gasteiger partial charge on any atom is -0.491 e. The highest BCUT2D eigenvalue weighted by molar-refractivity contribution is 5.29. The first kappa shape index (κ1) is 18.0. The van der Waals surface area contributed by atoms with E-state index in [-0.39, 0.29) is 12.1 Å². The number of nitrogens with one attached hydrogen (secondary N) is 1. The summed E-state index contributed by atoms with van der Waals surface area (Å²) >= 11 is 0. The second-order valence-electron chi connectivity index (χ2n) is 5.27. The van der Waals surface area contributed by atoms with Gasteiger partial charge in [-0.25, -0.2) is 0 Å². The van der Waals surface area contributed by atoms with Crippen molar-refractivity contribution in [3.05, 3.63) is 29.8 Å². The van der Waals surface area contributed by atoms with Crippen molar-refractivity contribution in [3.63, 3.8) is 0 Å². The second-order valence-corrected chi connectivity index (χ2v) is 5.27. The van der Waals surface area contributed by atoms with Crippen LogP contribution in [0.25, 0.3) is 0 Å². The predicted molar refractivity (Wildman–Crippen MR) is 85.9 cm³/mol. The minimum atomic E-state index is 0.199. The number of likely N-dealkylation sites (N-methyl/N-ethyl adjacent to an activating group) is 1. The van der Waals surface area contributed by atoms with Gasteiger partial charge in [-0.05, 0) is 44.5 Å². The van der Waals surface area contributed by atoms with Crippen molar-refractivity contribution < 1.29 is 14.2 Å². The van der Waals surface area contributed by atoms with Gasteiger partial charge in [0.1, 0.15) is 5.75 Å². The van der Waals surface area contributed by atoms with Gasteiger partial charge in [-0.2, -0.15) is 0 Å². The summed E-state index contributed by atoms with van der Waals surface area (Å²) in [4.78, 5) is 0. The highest BCUT2D eigenvalue weighted by Gasteiger charge is 2.10. The lowest BCUT2D eigenvalue weighted by Crippen LogP contribution is -2.25. The maximum absolute atomic E-state index is 5.73. The Morgan fingerprint density at radius 1 is 1.10 bits per heavy atom. The molecule has 0 radical (unpaired) electrons. The van der Waals surface area contributed by atoms with Gasteiger partial charge in [0.2, 0.25) is 0 Å². The summed E-state index contributed by atoms with van der Waals surface area (Å²) in [5.74, 6) is 0.907. The molecule has 4 heteroatoms. The molecule has 0 saturated heterocycles. The summed E-state index contributed by atoms with van der Waals surface area (Å²) in [6.07, 6.45) is 1.13. The number of methoxy groups -OCH3 is 1. The van der Waals surface area contributed by atoms with Crippen molar-refractivity contribution in [1.82, 2.24) is 5.32 Å². The van der Waals surface area contributed by atoms with Crippen molar-refractivity contribution in [2.45, 2.75) is 39.3 Å². The van der Waals surface area contributed by atoms with Gasteiger partial charge in [0.25, 0.3) is 0 Å². The quantitative estimate of drug-likeness (QED) is 0.637. The van der Waals surface area contributed by atoms with Gasteiger partial charge in [-0.1, -0.05) is 19.1 Å². The van der Waals surface area contributed by atoms with E-state index in [9.17, 15) is 0 Å². The van der Waals surface area contributed by atoms with E-state index in [1.54, 1.807) is 7.11 Å². The molecule has 21 heavy (non-hydrogen) atoms. The van der Waals surface area contributed by atoms with Crippen molar-refractivity contribution in [3.8, 4) is 5.75 Å². The van der Waals surface area contributed by atoms with Gasteiger partial charge in [0.05, 0.1) is 18.8 Å². The lowest BCUT2D eigenvalue weighted by Gasteiger charge is -2.19. The van der Waals surface area contributed by atoms with Gasteiger partial charge in [0.15, 0.2) is 0 Å². The van der Waals surface area contributed by atoms with Crippen LogP contribution in [0, 0.1) is 0 Å². The Labute approximate surface area is 128 Å². The number of hydrogen-bond donors (Lipinski definition) is 1. The molecule has 1 atom stereocenters. The molecule has 0 aromatic heterocycles. The topological polar surface area (TPSA) is 39.7 Å². The summed E-state index contributed by atoms with van der Waals surface area (Å²) in [5, 5.41) is 3.45. The number of hydrogen-bond acceptors (Lipinski definition) is 4. The second kappa shape index (κ2) is 10.6. The van der Waals surface area contributed by atoms with E-state index in [1.165, 1.54) is 5.56 Å². The lowest BCUT2D eigenvalue weighted by molar-refractivity contribution is 0.0877. The van der Waals surface area contributed by atoms with Crippen LogP contribution in [0.5, 0.6) is 5.75 Å². The van der Waals surface area contributed by atoms with Crippen LogP contribution in [0.4, 0.5) is 0 Å². The first-order valence-corrected chi connectivity index (χ1v) is 7.74. The van der Waals surface area contributed by atoms with E-state index in [2.05, 4.69) is 24.4 Å². The molecule has 0 heterocycles. The van der Waals surface area contributed by atoms with Crippen LogP contribution in [0.2, 0.25) is 0 Å². The van der Waals surface area contributed by atoms with Crippen LogP contribution >= 0.6 is 0 Å². The molecule has 0 saturated carbocycles. The van der Waals surface area contributed by atoms with Crippen LogP contribution < -0.4 is 10.1 Å². The third-order valence-corrected chi connectivity index (χ3v) is 3.03. The molecular formula is C17H29NO3. The Bertz CT molecular complexity index is 365. The van der Waals surface area contributed by atoms with Gasteiger partial charge in [-0.15, -0.1) is 0 Å². The van der Waals surface area contributed by atoms with Gasteiger partial charge in [-0.3, -0.25) is 0 Å². The molecule has 1 N–H and O–H groups in total. The number of rotatable bonds is 11. The average molecular weight is 295 g/mol. The third kappa shape index (κ3) is 7.46. The van der Waals surface area contributed by atoms with Crippen molar-refractivity contribution in [1.29, 1.82) is 0 Å². The van der Waals surface area contributed by atoms with Crippen LogP contribution in [0.1, 0.15) is 38.8 Å². The fraction of sp³-hybridized carbons (Fsp3) is 0.647. The molecule has 0 aliphatic carbocycles. The minimum absolute atomic E-state index is 0.199. The molecule has 1 unspecified atom stereocenters. The SMILES string of the molecule is CCNC(COCCCOC)c1ccc(OC(C)C)cc1. The molecule has 0 bridgehead atoms. The van der Waals surface area contributed by atoms with Crippen LogP contribution in [0.3, 0.4) is 0 Å². The van der Waals surface area contributed by atoms with Crippen LogP contribution in [-0.4, -0.2) is 39.6 Å². The molecule has 0 aliphatic heterocycles. The van der Waals surface area contributed by atoms with Crippen LogP contribution in [-0.2, 0) is 9.47 Å². The molecule has 4 nitrogen and oxygen atoms in total. The van der Waals surface area contributed by atoms with Crippen molar-refractivity contribution >= 4 is 0 Å². The maximum atomic E-state index is 5.73. The molecule has 0 spiro atoms. The normalized spacial score (nSPS) is 12.6. The lowest BCUT2D eigenvalue weighted by atomic mass is 10.1. The van der Waals surface area contributed by atoms with E-state index in [4.69, 9.17) is 14.2 Å². The zero-order chi connectivity index (χ0) is 15.5. The fourth-order valence-electron chi connectivity index (χ4n) is 2.08. The fourth-order valence-corrected chi connectivity index (χ4v) is 2.08. The first-order valence-electron chi connectivity index (χ1n) is 7.74. The summed E-state index contributed by atoms with van der Waals surface area (Å²) in [7, 11) is 1.71. The Kier molecular flexibility index (Phi) is 9.06. The van der Waals surface area contributed by atoms with Crippen molar-refractivity contribution in [2.24, 2.45) is 0 Å². The highest BCUT2D eigenvalue weighted by Crippen LogP contribution is 2.19. The molecule has 120 valence electrons. The van der Waals surface area contributed by atoms with E-state index >= 15 is 0 Å². The molecule has 0 amide bonds. The summed E-state index contributed by atoms with van der Waals surface area (Å²) in [6, 6.07) is 8.45. The van der Waals surface area contributed by atoms with E-state index in [0.29, 0.717) is 6.61 Å². The summed E-state index contributed by atoms with van der Waals surface area (Å²) in [5.41, 5.74) is 1.22. The molecule has 1 aromatic carbocycles. The third-order valence-electron chi connectivity index (χ3n) is 3.03. The van der Waals surface area contributed by atoms with E-state index in [1.807, 2.05) is 26.0 Å². The average Bonchev–Trinajstić information content (AvgIpc) is 2.46. The Morgan fingerprint density at radius 2 is 1.81 bits per heavy atom. The molecule has 0 aliphatic rings. The Morgan fingerprint density at radius 3 is 2.38 bits per heavy atom. The number of ether oxygens (including phenoxy) is 3. The summed E-state index contributed by atoms with van der Waals surface area (Å²) in [6.45, 7) is 9.22. The molecule has 0 fully saturated rings. The monoisotopic (exact) mass is 295 g/mol. The van der Waals surface area contributed by atoms with Crippen LogP contribution in [0.15, 0.2) is 24.3 Å². The summed E-state index contributed by atoms with van der Waals surface area (Å²) < 4.78 is 16.4. The first-order chi connectivity index (χ1) is 10.2. The molecule has 1 rings (SSSR count). The van der Waals surface area contributed by atoms with Gasteiger partial charge < -0.3 is 19.5 Å². The van der Waals surface area contributed by atoms with Gasteiger partial charge >= 0.3 is 0 Å². The molecular weight excluding hydrogens is 266 g/mol. The standard InChI is InChI=1S/C17H29NO3/c1-5-18-17(13-20-12-6-11-19-4)15-7-9-16(10-8-15)21-14(2)3/h7-10,14,17-18H,5-6,11-13H2,1-4H3. The maximum Gasteiger partial charge on any atom is 0.119 e. The van der Waals surface area contributed by atoms with Crippen molar-refractivity contribution in [2.75, 3.05) is 33.5 Å². The van der Waals surface area contributed by atoms with E-state index < -0.39 is 0 Å². The molecule has 1 aromatic rings. The zero-order valence-electron chi connectivity index (χ0n) is 13.7. The predicted octanol–water partition coefficient (Wildman–Crippen LogP) is 3.18. The highest BCUT2D eigenvalue weighted by atomic mass is 16.5. The number of benzene rings is 1. The Hall–Kier alpha value is -1.10. The smallest absolute Gasteiger partial charge is 0.119 e. The Balaban J connectivity index is 2.50. The zero-order valence-corrected chi connectivity index (χ0v) is 13.7. The van der Waals surface area contributed by atoms with E-state index in [0.717, 1.165) is 31.9 Å². The largest absolute Gasteiger partial charge is 0.491 e. The van der Waals surface area contributed by atoms with Gasteiger partial charge in [0, 0.05) is 20.3 Å².